The summed E-state index contributed by atoms with van der Waals surface area (Å²) < 4.78 is 33.6. The van der Waals surface area contributed by atoms with Gasteiger partial charge in [-0.1, -0.05) is 23.2 Å². The molecule has 0 aliphatic heterocycles. The van der Waals surface area contributed by atoms with E-state index in [9.17, 15) is 8.42 Å². The van der Waals surface area contributed by atoms with Gasteiger partial charge in [0, 0.05) is 11.9 Å². The predicted octanol–water partition coefficient (Wildman–Crippen LogP) is 2.55. The van der Waals surface area contributed by atoms with Crippen LogP contribution in [0.5, 0.6) is 5.75 Å². The lowest BCUT2D eigenvalue weighted by Gasteiger charge is -2.11. The lowest BCUT2D eigenvalue weighted by atomic mass is 10.3. The van der Waals surface area contributed by atoms with Crippen LogP contribution in [0, 0.1) is 6.92 Å². The summed E-state index contributed by atoms with van der Waals surface area (Å²) in [5, 5.41) is 3.60. The predicted molar refractivity (Wildman–Crippen MR) is 89.3 cm³/mol. The Morgan fingerprint density at radius 3 is 2.67 bits per heavy atom. The second-order valence-corrected chi connectivity index (χ2v) is 7.11. The van der Waals surface area contributed by atoms with Gasteiger partial charge in [-0.25, -0.2) is 9.50 Å². The van der Waals surface area contributed by atoms with Crippen molar-refractivity contribution in [3.63, 3.8) is 0 Å². The summed E-state index contributed by atoms with van der Waals surface area (Å²) in [5.74, 6) is 0.442. The Labute approximate surface area is 147 Å². The maximum Gasteiger partial charge on any atom is 0.299 e. The van der Waals surface area contributed by atoms with Gasteiger partial charge in [0.2, 0.25) is 0 Å². The summed E-state index contributed by atoms with van der Waals surface area (Å²) >= 11 is 12.1. The third-order valence-corrected chi connectivity index (χ3v) is 4.90. The number of halogens is 2. The average Bonchev–Trinajstić information content (AvgIpc) is 2.95. The Morgan fingerprint density at radius 1 is 1.21 bits per heavy atom. The molecule has 0 unspecified atom stereocenters. The van der Waals surface area contributed by atoms with Crippen LogP contribution in [0.25, 0.3) is 5.78 Å². The van der Waals surface area contributed by atoms with Gasteiger partial charge < -0.3 is 4.74 Å². The van der Waals surface area contributed by atoms with Crippen molar-refractivity contribution in [3.8, 4) is 5.75 Å². The first-order valence-corrected chi connectivity index (χ1v) is 8.80. The quantitative estimate of drug-likeness (QED) is 0.738. The summed E-state index contributed by atoms with van der Waals surface area (Å²) in [5.41, 5.74) is 0.673. The Morgan fingerprint density at radius 2 is 1.96 bits per heavy atom. The van der Waals surface area contributed by atoms with Gasteiger partial charge in [-0.15, -0.1) is 5.10 Å². The van der Waals surface area contributed by atoms with E-state index in [2.05, 4.69) is 19.8 Å². The highest BCUT2D eigenvalue weighted by atomic mass is 35.5. The van der Waals surface area contributed by atoms with Crippen LogP contribution in [0.1, 0.15) is 5.69 Å². The molecule has 8 nitrogen and oxygen atoms in total. The molecule has 0 saturated heterocycles. The van der Waals surface area contributed by atoms with Crippen LogP contribution in [-0.4, -0.2) is 35.1 Å². The van der Waals surface area contributed by atoms with Crippen LogP contribution in [0.4, 0.5) is 5.69 Å². The third kappa shape index (κ3) is 2.97. The molecule has 24 heavy (non-hydrogen) atoms. The van der Waals surface area contributed by atoms with E-state index in [0.29, 0.717) is 5.69 Å². The van der Waals surface area contributed by atoms with E-state index in [4.69, 9.17) is 27.9 Å². The topological polar surface area (TPSA) is 98.5 Å². The number of fused-ring (bicyclic) bond motifs is 1. The van der Waals surface area contributed by atoms with Crippen LogP contribution in [-0.2, 0) is 10.0 Å². The van der Waals surface area contributed by atoms with Gasteiger partial charge in [0.25, 0.3) is 21.0 Å². The molecule has 3 aromatic rings. The zero-order valence-electron chi connectivity index (χ0n) is 12.5. The number of aryl methyl sites for hydroxylation is 1. The molecule has 2 aromatic heterocycles. The van der Waals surface area contributed by atoms with Crippen LogP contribution < -0.4 is 9.46 Å². The van der Waals surface area contributed by atoms with Crippen LogP contribution in [0.3, 0.4) is 0 Å². The number of rotatable bonds is 4. The van der Waals surface area contributed by atoms with E-state index >= 15 is 0 Å². The smallest absolute Gasteiger partial charge is 0.299 e. The molecule has 1 N–H and O–H groups in total. The number of hydrogen-bond acceptors (Lipinski definition) is 6. The molecule has 0 atom stereocenters. The summed E-state index contributed by atoms with van der Waals surface area (Å²) in [6.45, 7) is 1.76. The van der Waals surface area contributed by atoms with E-state index in [-0.39, 0.29) is 27.3 Å². The summed E-state index contributed by atoms with van der Waals surface area (Å²) in [4.78, 5) is 8.02. The molecule has 0 amide bonds. The van der Waals surface area contributed by atoms with E-state index in [1.165, 1.54) is 23.8 Å². The van der Waals surface area contributed by atoms with Crippen molar-refractivity contribution in [3.05, 3.63) is 40.1 Å². The van der Waals surface area contributed by atoms with Crippen LogP contribution in [0.2, 0.25) is 10.0 Å². The van der Waals surface area contributed by atoms with Gasteiger partial charge in [-0.3, -0.25) is 4.72 Å². The minimum atomic E-state index is -4.12. The Hall–Kier alpha value is -2.10. The summed E-state index contributed by atoms with van der Waals surface area (Å²) in [6, 6.07) is 4.67. The molecule has 1 aromatic carbocycles. The SMILES string of the molecule is COc1ccc(Cl)c(NS(=O)(=O)c2nc3nc(C)ccn3n2)c1Cl. The van der Waals surface area contributed by atoms with Gasteiger partial charge >= 0.3 is 0 Å². The standard InChI is InChI=1S/C13H11Cl2N5O3S/c1-7-5-6-20-12(16-7)17-13(18-20)24(21,22)19-11-8(14)3-4-9(23-2)10(11)15/h3-6,19H,1-2H3. The molecule has 2 heterocycles. The minimum absolute atomic E-state index is 0.0133. The molecule has 0 spiro atoms. The van der Waals surface area contributed by atoms with Crippen molar-refractivity contribution in [1.82, 2.24) is 19.6 Å². The van der Waals surface area contributed by atoms with Crippen molar-refractivity contribution < 1.29 is 13.2 Å². The molecule has 0 fully saturated rings. The van der Waals surface area contributed by atoms with Crippen molar-refractivity contribution >= 4 is 44.7 Å². The number of aromatic nitrogens is 4. The van der Waals surface area contributed by atoms with E-state index in [1.54, 1.807) is 19.2 Å². The molecule has 11 heteroatoms. The Kier molecular flexibility index (Phi) is 4.24. The fraction of sp³-hybridized carbons (Fsp3) is 0.154. The number of anilines is 1. The highest BCUT2D eigenvalue weighted by molar-refractivity contribution is 7.92. The molecule has 0 saturated carbocycles. The molecule has 0 bridgehead atoms. The van der Waals surface area contributed by atoms with Crippen molar-refractivity contribution in [2.45, 2.75) is 12.1 Å². The number of benzene rings is 1. The number of sulfonamides is 1. The number of ether oxygens (including phenoxy) is 1. The first kappa shape index (κ1) is 16.7. The minimum Gasteiger partial charge on any atom is -0.495 e. The second-order valence-electron chi connectivity index (χ2n) is 4.75. The van der Waals surface area contributed by atoms with Gasteiger partial charge in [0.1, 0.15) is 10.8 Å². The lowest BCUT2D eigenvalue weighted by molar-refractivity contribution is 0.415. The van der Waals surface area contributed by atoms with Gasteiger partial charge in [-0.05, 0) is 25.1 Å². The van der Waals surface area contributed by atoms with Crippen LogP contribution in [0.15, 0.2) is 29.6 Å². The number of nitrogens with one attached hydrogen (secondary N) is 1. The highest BCUT2D eigenvalue weighted by Crippen LogP contribution is 2.38. The maximum absolute atomic E-state index is 12.5. The second kappa shape index (κ2) is 6.08. The molecular formula is C13H11Cl2N5O3S. The van der Waals surface area contributed by atoms with Crippen molar-refractivity contribution in [1.29, 1.82) is 0 Å². The zero-order valence-corrected chi connectivity index (χ0v) is 14.8. The summed E-state index contributed by atoms with van der Waals surface area (Å²) in [7, 11) is -2.71. The monoisotopic (exact) mass is 387 g/mol. The average molecular weight is 388 g/mol. The normalized spacial score (nSPS) is 11.7. The third-order valence-electron chi connectivity index (χ3n) is 3.08. The van der Waals surface area contributed by atoms with Crippen LogP contribution >= 0.6 is 23.2 Å². The van der Waals surface area contributed by atoms with E-state index in [1.807, 2.05) is 0 Å². The van der Waals surface area contributed by atoms with Crippen molar-refractivity contribution in [2.75, 3.05) is 11.8 Å². The number of methoxy groups -OCH3 is 1. The number of hydrogen-bond donors (Lipinski definition) is 1. The van der Waals surface area contributed by atoms with Gasteiger partial charge in [0.05, 0.1) is 17.8 Å². The summed E-state index contributed by atoms with van der Waals surface area (Å²) in [6.07, 6.45) is 1.56. The van der Waals surface area contributed by atoms with Gasteiger partial charge in [0.15, 0.2) is 0 Å². The fourth-order valence-corrected chi connectivity index (χ4v) is 3.55. The largest absolute Gasteiger partial charge is 0.495 e. The molecular weight excluding hydrogens is 377 g/mol. The Balaban J connectivity index is 2.05. The van der Waals surface area contributed by atoms with E-state index in [0.717, 1.165) is 0 Å². The zero-order chi connectivity index (χ0) is 17.5. The van der Waals surface area contributed by atoms with Gasteiger partial charge in [-0.2, -0.15) is 13.4 Å². The van der Waals surface area contributed by atoms with Crippen molar-refractivity contribution in [2.24, 2.45) is 0 Å². The molecule has 0 radical (unpaired) electrons. The first-order chi connectivity index (χ1) is 11.3. The lowest BCUT2D eigenvalue weighted by Crippen LogP contribution is -2.15. The molecule has 126 valence electrons. The Bertz CT molecular complexity index is 1040. The molecule has 3 rings (SSSR count). The van der Waals surface area contributed by atoms with E-state index < -0.39 is 15.2 Å². The maximum atomic E-state index is 12.5. The number of nitrogens with zero attached hydrogens (tertiary/aromatic N) is 4. The first-order valence-electron chi connectivity index (χ1n) is 6.56. The fourth-order valence-electron chi connectivity index (χ4n) is 1.92. The highest BCUT2D eigenvalue weighted by Gasteiger charge is 2.24. The molecule has 0 aliphatic rings. The molecule has 0 aliphatic carbocycles.